The smallest absolute Gasteiger partial charge is 0.119 e. The third-order valence-corrected chi connectivity index (χ3v) is 3.48. The first-order chi connectivity index (χ1) is 11.7. The molecule has 0 aliphatic rings. The number of aromatic nitrogens is 2. The highest BCUT2D eigenvalue weighted by molar-refractivity contribution is 5.88. The first kappa shape index (κ1) is 15.8. The Morgan fingerprint density at radius 1 is 1.08 bits per heavy atom. The Hall–Kier alpha value is -3.08. The molecular weight excluding hydrogens is 300 g/mol. The molecule has 0 fully saturated rings. The lowest BCUT2D eigenvalue weighted by molar-refractivity contribution is 0.242. The van der Waals surface area contributed by atoms with Gasteiger partial charge >= 0.3 is 0 Å². The SMILES string of the molecule is CC(C)Oc1ccc(-c2nn(-c3ccccc3)cc2/C=N\N)cc1. The van der Waals surface area contributed by atoms with E-state index in [1.165, 1.54) is 0 Å². The molecule has 122 valence electrons. The molecule has 0 saturated heterocycles. The molecule has 2 aromatic carbocycles. The third-order valence-electron chi connectivity index (χ3n) is 3.48. The number of ether oxygens (including phenoxy) is 1. The van der Waals surface area contributed by atoms with E-state index in [-0.39, 0.29) is 6.10 Å². The molecule has 0 aliphatic carbocycles. The van der Waals surface area contributed by atoms with Gasteiger partial charge in [-0.25, -0.2) is 4.68 Å². The summed E-state index contributed by atoms with van der Waals surface area (Å²) in [5.74, 6) is 6.19. The van der Waals surface area contributed by atoms with Crippen molar-refractivity contribution in [3.05, 3.63) is 66.4 Å². The maximum absolute atomic E-state index is 5.69. The topological polar surface area (TPSA) is 65.4 Å². The molecule has 5 heteroatoms. The third kappa shape index (κ3) is 3.46. The molecule has 0 atom stereocenters. The zero-order chi connectivity index (χ0) is 16.9. The summed E-state index contributed by atoms with van der Waals surface area (Å²) in [5, 5.41) is 8.34. The number of hydrogen-bond donors (Lipinski definition) is 1. The number of hydrogen-bond acceptors (Lipinski definition) is 4. The van der Waals surface area contributed by atoms with E-state index in [9.17, 15) is 0 Å². The van der Waals surface area contributed by atoms with Crippen molar-refractivity contribution in [2.45, 2.75) is 20.0 Å². The fourth-order valence-electron chi connectivity index (χ4n) is 2.46. The molecule has 0 radical (unpaired) electrons. The number of hydrazone groups is 1. The van der Waals surface area contributed by atoms with Crippen molar-refractivity contribution < 1.29 is 4.74 Å². The first-order valence-electron chi connectivity index (χ1n) is 7.83. The molecule has 2 N–H and O–H groups in total. The van der Waals surface area contributed by atoms with E-state index < -0.39 is 0 Å². The molecule has 3 rings (SSSR count). The zero-order valence-corrected chi connectivity index (χ0v) is 13.8. The summed E-state index contributed by atoms with van der Waals surface area (Å²) in [7, 11) is 0. The highest BCUT2D eigenvalue weighted by Crippen LogP contribution is 2.25. The average molecular weight is 320 g/mol. The van der Waals surface area contributed by atoms with E-state index >= 15 is 0 Å². The van der Waals surface area contributed by atoms with E-state index in [1.54, 1.807) is 6.21 Å². The normalized spacial score (nSPS) is 11.3. The summed E-state index contributed by atoms with van der Waals surface area (Å²) in [6.07, 6.45) is 3.67. The van der Waals surface area contributed by atoms with Crippen molar-refractivity contribution in [2.75, 3.05) is 0 Å². The van der Waals surface area contributed by atoms with Crippen LogP contribution in [0.25, 0.3) is 16.9 Å². The van der Waals surface area contributed by atoms with Crippen molar-refractivity contribution in [1.82, 2.24) is 9.78 Å². The summed E-state index contributed by atoms with van der Waals surface area (Å²) in [6.45, 7) is 4.01. The molecule has 24 heavy (non-hydrogen) atoms. The van der Waals surface area contributed by atoms with Gasteiger partial charge in [0.25, 0.3) is 0 Å². The van der Waals surface area contributed by atoms with E-state index in [0.29, 0.717) is 0 Å². The zero-order valence-electron chi connectivity index (χ0n) is 13.8. The van der Waals surface area contributed by atoms with Gasteiger partial charge in [0.15, 0.2) is 0 Å². The second kappa shape index (κ2) is 7.00. The molecular formula is C19H20N4O. The van der Waals surface area contributed by atoms with Crippen molar-refractivity contribution in [2.24, 2.45) is 10.9 Å². The summed E-state index contributed by atoms with van der Waals surface area (Å²) in [4.78, 5) is 0. The number of rotatable bonds is 5. The van der Waals surface area contributed by atoms with Crippen molar-refractivity contribution in [3.63, 3.8) is 0 Å². The lowest BCUT2D eigenvalue weighted by Gasteiger charge is -2.09. The maximum atomic E-state index is 5.69. The molecule has 1 aromatic heterocycles. The Labute approximate surface area is 141 Å². The molecule has 0 saturated carbocycles. The Morgan fingerprint density at radius 3 is 2.42 bits per heavy atom. The van der Waals surface area contributed by atoms with Gasteiger partial charge in [-0.2, -0.15) is 10.2 Å². The monoisotopic (exact) mass is 320 g/mol. The van der Waals surface area contributed by atoms with E-state index in [2.05, 4.69) is 10.2 Å². The van der Waals surface area contributed by atoms with Gasteiger partial charge in [-0.3, -0.25) is 0 Å². The Kier molecular flexibility index (Phi) is 4.61. The van der Waals surface area contributed by atoms with Crippen LogP contribution in [0.15, 0.2) is 65.9 Å². The number of benzene rings is 2. The predicted octanol–water partition coefficient (Wildman–Crippen LogP) is 3.62. The van der Waals surface area contributed by atoms with Crippen LogP contribution in [0, 0.1) is 0 Å². The minimum atomic E-state index is 0.146. The number of para-hydroxylation sites is 1. The van der Waals surface area contributed by atoms with Crippen LogP contribution in [0.2, 0.25) is 0 Å². The van der Waals surface area contributed by atoms with Gasteiger partial charge in [-0.1, -0.05) is 18.2 Å². The minimum Gasteiger partial charge on any atom is -0.491 e. The fourth-order valence-corrected chi connectivity index (χ4v) is 2.46. The second-order valence-electron chi connectivity index (χ2n) is 5.68. The summed E-state index contributed by atoms with van der Waals surface area (Å²) >= 11 is 0. The molecule has 0 spiro atoms. The molecule has 5 nitrogen and oxygen atoms in total. The highest BCUT2D eigenvalue weighted by Gasteiger charge is 2.11. The lowest BCUT2D eigenvalue weighted by atomic mass is 10.1. The maximum Gasteiger partial charge on any atom is 0.119 e. The molecule has 0 unspecified atom stereocenters. The van der Waals surface area contributed by atoms with Crippen LogP contribution in [-0.2, 0) is 0 Å². The Balaban J connectivity index is 1.99. The van der Waals surface area contributed by atoms with Gasteiger partial charge < -0.3 is 10.6 Å². The molecule has 1 heterocycles. The Morgan fingerprint density at radius 2 is 1.79 bits per heavy atom. The quantitative estimate of drug-likeness (QED) is 0.443. The molecule has 0 aliphatic heterocycles. The molecule has 3 aromatic rings. The van der Waals surface area contributed by atoms with Gasteiger partial charge in [0.2, 0.25) is 0 Å². The van der Waals surface area contributed by atoms with Crippen LogP contribution in [0.4, 0.5) is 0 Å². The van der Waals surface area contributed by atoms with E-state index in [4.69, 9.17) is 10.6 Å². The molecule has 0 amide bonds. The summed E-state index contributed by atoms with van der Waals surface area (Å²) in [5.41, 5.74) is 3.65. The van der Waals surface area contributed by atoms with Crippen molar-refractivity contribution in [3.8, 4) is 22.7 Å². The van der Waals surface area contributed by atoms with Crippen LogP contribution in [-0.4, -0.2) is 22.1 Å². The Bertz CT molecular complexity index is 820. The standard InChI is InChI=1S/C19H20N4O/c1-14(2)24-18-10-8-15(9-11-18)19-16(12-21-20)13-23(22-19)17-6-4-3-5-7-17/h3-14H,20H2,1-2H3/b21-12-. The summed E-state index contributed by atoms with van der Waals surface area (Å²) in [6, 6.07) is 17.8. The van der Waals surface area contributed by atoms with Gasteiger partial charge in [0.05, 0.1) is 18.0 Å². The summed E-state index contributed by atoms with van der Waals surface area (Å²) < 4.78 is 7.51. The minimum absolute atomic E-state index is 0.146. The van der Waals surface area contributed by atoms with Gasteiger partial charge in [0, 0.05) is 17.3 Å². The van der Waals surface area contributed by atoms with Crippen molar-refractivity contribution >= 4 is 6.21 Å². The number of nitrogens with two attached hydrogens (primary N) is 1. The molecule has 0 bridgehead atoms. The van der Waals surface area contributed by atoms with Crippen LogP contribution in [0.5, 0.6) is 5.75 Å². The fraction of sp³-hybridized carbons (Fsp3) is 0.158. The largest absolute Gasteiger partial charge is 0.491 e. The van der Waals surface area contributed by atoms with Gasteiger partial charge in [-0.05, 0) is 50.2 Å². The van der Waals surface area contributed by atoms with Crippen LogP contribution >= 0.6 is 0 Å². The van der Waals surface area contributed by atoms with Gasteiger partial charge in [-0.15, -0.1) is 0 Å². The highest BCUT2D eigenvalue weighted by atomic mass is 16.5. The predicted molar refractivity (Wildman–Crippen MR) is 96.5 cm³/mol. The van der Waals surface area contributed by atoms with Crippen LogP contribution in [0.1, 0.15) is 19.4 Å². The number of nitrogens with zero attached hydrogens (tertiary/aromatic N) is 3. The first-order valence-corrected chi connectivity index (χ1v) is 7.83. The van der Waals surface area contributed by atoms with E-state index in [0.717, 1.165) is 28.3 Å². The van der Waals surface area contributed by atoms with Gasteiger partial charge in [0.1, 0.15) is 11.4 Å². The van der Waals surface area contributed by atoms with E-state index in [1.807, 2.05) is 79.3 Å². The second-order valence-corrected chi connectivity index (χ2v) is 5.68. The average Bonchev–Trinajstić information content (AvgIpc) is 3.00. The lowest BCUT2D eigenvalue weighted by Crippen LogP contribution is -2.05. The van der Waals surface area contributed by atoms with Crippen LogP contribution < -0.4 is 10.6 Å². The van der Waals surface area contributed by atoms with Crippen LogP contribution in [0.3, 0.4) is 0 Å². The van der Waals surface area contributed by atoms with Crippen molar-refractivity contribution in [1.29, 1.82) is 0 Å².